The summed E-state index contributed by atoms with van der Waals surface area (Å²) >= 11 is 7.26. The number of rotatable bonds is 22. The fourth-order valence-electron chi connectivity index (χ4n) is 8.82. The molecule has 2 saturated heterocycles. The number of nitrogens with zero attached hydrogens (tertiary/aromatic N) is 4. The van der Waals surface area contributed by atoms with E-state index in [1.54, 1.807) is 65.9 Å². The summed E-state index contributed by atoms with van der Waals surface area (Å²) < 4.78 is 58.5. The van der Waals surface area contributed by atoms with Crippen molar-refractivity contribution in [3.8, 4) is 22.3 Å². The van der Waals surface area contributed by atoms with Gasteiger partial charge in [-0.25, -0.2) is 4.98 Å². The maximum absolute atomic E-state index is 13.9. The highest BCUT2D eigenvalue weighted by Crippen LogP contribution is 2.43. The van der Waals surface area contributed by atoms with Crippen molar-refractivity contribution in [2.75, 3.05) is 44.5 Å². The topological polar surface area (TPSA) is 183 Å². The molecule has 0 aliphatic carbocycles. The lowest BCUT2D eigenvalue weighted by Crippen LogP contribution is -2.58. The second-order valence-electron chi connectivity index (χ2n) is 19.7. The number of thiazole rings is 1. The first-order valence-electron chi connectivity index (χ1n) is 24.0. The molecule has 0 radical (unpaired) electrons. The summed E-state index contributed by atoms with van der Waals surface area (Å²) in [5.74, 6) is -2.11. The molecule has 72 heavy (non-hydrogen) atoms. The number of ketones is 1. The van der Waals surface area contributed by atoms with Gasteiger partial charge in [-0.05, 0) is 111 Å². The first-order chi connectivity index (χ1) is 34.1. The van der Waals surface area contributed by atoms with Gasteiger partial charge in [-0.2, -0.15) is 18.4 Å². The second kappa shape index (κ2) is 24.3. The lowest BCUT2D eigenvalue weighted by Gasteiger charge is -2.35. The Labute approximate surface area is 428 Å². The molecule has 386 valence electrons. The van der Waals surface area contributed by atoms with Gasteiger partial charge in [-0.15, -0.1) is 11.3 Å². The maximum Gasteiger partial charge on any atom is 0.417 e. The van der Waals surface area contributed by atoms with E-state index in [9.17, 15) is 42.7 Å². The van der Waals surface area contributed by atoms with Gasteiger partial charge in [0, 0.05) is 45.0 Å². The van der Waals surface area contributed by atoms with E-state index in [1.807, 2.05) is 52.0 Å². The van der Waals surface area contributed by atoms with Gasteiger partial charge >= 0.3 is 6.18 Å². The summed E-state index contributed by atoms with van der Waals surface area (Å²) in [5, 5.41) is 25.5. The molecule has 2 fully saturated rings. The number of aromatic nitrogens is 1. The number of nitriles is 1. The van der Waals surface area contributed by atoms with Crippen LogP contribution in [0.3, 0.4) is 0 Å². The number of ether oxygens (including phenoxy) is 3. The van der Waals surface area contributed by atoms with Crippen LogP contribution in [0, 0.1) is 23.7 Å². The van der Waals surface area contributed by atoms with Gasteiger partial charge in [0.25, 0.3) is 0 Å². The first kappa shape index (κ1) is 55.5. The molecular weight excluding hydrogens is 970 g/mol. The highest BCUT2D eigenvalue weighted by Gasteiger charge is 2.52. The molecule has 0 spiro atoms. The fraction of sp³-hybridized carbons (Fsp3) is 0.491. The van der Waals surface area contributed by atoms with E-state index < -0.39 is 64.2 Å². The Hall–Kier alpha value is -5.78. The molecule has 3 heterocycles. The summed E-state index contributed by atoms with van der Waals surface area (Å²) in [5.41, 5.74) is 1.90. The number of hydrogen-bond donors (Lipinski definition) is 3. The molecule has 1 aromatic heterocycles. The molecule has 2 aliphatic heterocycles. The van der Waals surface area contributed by atoms with Gasteiger partial charge < -0.3 is 39.8 Å². The van der Waals surface area contributed by atoms with Crippen LogP contribution in [-0.4, -0.2) is 107 Å². The van der Waals surface area contributed by atoms with E-state index in [1.165, 1.54) is 11.0 Å². The van der Waals surface area contributed by atoms with E-state index >= 15 is 0 Å². The summed E-state index contributed by atoms with van der Waals surface area (Å²) in [6, 6.07) is 17.8. The number of β-amino-alcohol motifs (C(OH)–C–C–N with tert-alkyl or cyclic N) is 1. The lowest BCUT2D eigenvalue weighted by molar-refractivity contribution is -0.144. The Morgan fingerprint density at radius 1 is 0.958 bits per heavy atom. The standard InChI is InChI=1S/C53H63F3N6O8S2/c1-33-45(72-32-59-33)35-14-12-34(13-15-35)29-58-48(66)42-27-39(63)30-61(42)49(67)46(51(2,3)4)60-43(64)31-69-24-11-10-23-68-22-8-7-9-25-70-40-20-18-38(19-21-40)62-50(71)44(47(65)52(62,5)6)36-16-17-37(28-57)41(26-36)53(54,55)56/h12-21,26,32,39,42,44,46,63H,7-11,22-25,27,29-31H2,1-6H3,(H,58,66)(H,60,64)/t39-,42+,44?,46?/m1/s1. The van der Waals surface area contributed by atoms with Crippen molar-refractivity contribution >= 4 is 57.7 Å². The van der Waals surface area contributed by atoms with Gasteiger partial charge in [0.15, 0.2) is 5.78 Å². The zero-order chi connectivity index (χ0) is 52.4. The molecule has 2 unspecified atom stereocenters. The number of thiocarbonyl (C=S) groups is 1. The smallest absolute Gasteiger partial charge is 0.417 e. The molecular formula is C53H63F3N6O8S2. The third-order valence-corrected chi connectivity index (χ3v) is 14.2. The predicted octanol–water partition coefficient (Wildman–Crippen LogP) is 8.46. The molecule has 3 aromatic carbocycles. The normalized spacial score (nSPS) is 18.3. The largest absolute Gasteiger partial charge is 0.494 e. The number of Topliss-reactive ketones (excluding diaryl/α,β-unsaturated/α-hetero) is 1. The summed E-state index contributed by atoms with van der Waals surface area (Å²) in [6.45, 7) is 12.7. The number of hydrogen-bond acceptors (Lipinski definition) is 12. The van der Waals surface area contributed by atoms with E-state index in [2.05, 4.69) is 15.6 Å². The monoisotopic (exact) mass is 1030 g/mol. The highest BCUT2D eigenvalue weighted by molar-refractivity contribution is 7.80. The van der Waals surface area contributed by atoms with Crippen LogP contribution in [0.15, 0.2) is 72.2 Å². The van der Waals surface area contributed by atoms with E-state index in [0.717, 1.165) is 59.5 Å². The van der Waals surface area contributed by atoms with E-state index in [-0.39, 0.29) is 48.4 Å². The van der Waals surface area contributed by atoms with Crippen molar-refractivity contribution in [2.45, 2.75) is 122 Å². The number of aryl methyl sites for hydroxylation is 1. The van der Waals surface area contributed by atoms with Crippen molar-refractivity contribution in [3.63, 3.8) is 0 Å². The molecule has 0 bridgehead atoms. The van der Waals surface area contributed by atoms with Crippen molar-refractivity contribution < 1.29 is 51.7 Å². The molecule has 3 N–H and O–H groups in total. The number of aliphatic hydroxyl groups is 1. The Balaban J connectivity index is 0.836. The third kappa shape index (κ3) is 13.8. The molecule has 2 aliphatic rings. The molecule has 4 atom stereocenters. The van der Waals surface area contributed by atoms with Crippen LogP contribution in [-0.2, 0) is 41.4 Å². The molecule has 0 saturated carbocycles. The maximum atomic E-state index is 13.9. The first-order valence-corrected chi connectivity index (χ1v) is 25.3. The fourth-order valence-corrected chi connectivity index (χ4v) is 10.2. The Morgan fingerprint density at radius 2 is 1.61 bits per heavy atom. The average Bonchev–Trinajstić information content (AvgIpc) is 4.00. The number of likely N-dealkylation sites (tertiary alicyclic amines) is 1. The number of amides is 3. The number of nitrogens with one attached hydrogen (secondary N) is 2. The van der Waals surface area contributed by atoms with Crippen molar-refractivity contribution in [2.24, 2.45) is 5.41 Å². The highest BCUT2D eigenvalue weighted by atomic mass is 32.1. The number of anilines is 1. The zero-order valence-electron chi connectivity index (χ0n) is 41.5. The number of carbonyl (C=O) groups is 4. The molecule has 19 heteroatoms. The summed E-state index contributed by atoms with van der Waals surface area (Å²) in [7, 11) is 0. The number of aliphatic hydroxyl groups excluding tert-OH is 1. The van der Waals surface area contributed by atoms with E-state index in [4.69, 9.17) is 26.4 Å². The number of carbonyl (C=O) groups excluding carboxylic acids is 4. The van der Waals surface area contributed by atoms with Gasteiger partial charge in [-0.3, -0.25) is 19.2 Å². The van der Waals surface area contributed by atoms with Crippen LogP contribution in [0.5, 0.6) is 5.75 Å². The minimum Gasteiger partial charge on any atom is -0.494 e. The molecule has 14 nitrogen and oxygen atoms in total. The number of unbranched alkanes of at least 4 members (excludes halogenated alkanes) is 3. The Morgan fingerprint density at radius 3 is 2.24 bits per heavy atom. The zero-order valence-corrected chi connectivity index (χ0v) is 43.1. The predicted molar refractivity (Wildman–Crippen MR) is 271 cm³/mol. The van der Waals surface area contributed by atoms with Crippen molar-refractivity contribution in [1.82, 2.24) is 20.5 Å². The summed E-state index contributed by atoms with van der Waals surface area (Å²) in [6.07, 6.45) is -1.68. The van der Waals surface area contributed by atoms with Gasteiger partial charge in [0.05, 0.1) is 62.4 Å². The molecule has 3 amide bonds. The third-order valence-electron chi connectivity index (χ3n) is 12.8. The Bertz CT molecular complexity index is 2590. The average molecular weight is 1030 g/mol. The number of halogens is 3. The van der Waals surface area contributed by atoms with Crippen LogP contribution in [0.4, 0.5) is 18.9 Å². The number of benzene rings is 3. The van der Waals surface area contributed by atoms with Crippen LogP contribution >= 0.6 is 23.6 Å². The van der Waals surface area contributed by atoms with Crippen LogP contribution in [0.25, 0.3) is 10.4 Å². The molecule has 6 rings (SSSR count). The minimum atomic E-state index is -4.77. The van der Waals surface area contributed by atoms with Crippen LogP contribution in [0.1, 0.15) is 107 Å². The molecule has 4 aromatic rings. The SMILES string of the molecule is Cc1ncsc1-c1ccc(CNC(=O)[C@@H]2C[C@@H](O)CN2C(=O)C(NC(=O)COCCCCOCCCCCOc2ccc(N3C(=S)C(c4ccc(C#N)c(C(F)(F)F)c4)C(=O)C3(C)C)cc2)C(C)(C)C)cc1. The summed E-state index contributed by atoms with van der Waals surface area (Å²) in [4.78, 5) is 62.6. The van der Waals surface area contributed by atoms with Gasteiger partial charge in [0.1, 0.15) is 24.4 Å². The Kier molecular flexibility index (Phi) is 18.7. The van der Waals surface area contributed by atoms with Gasteiger partial charge in [-0.1, -0.05) is 63.3 Å². The number of alkyl halides is 3. The van der Waals surface area contributed by atoms with E-state index in [0.29, 0.717) is 44.3 Å². The van der Waals surface area contributed by atoms with Crippen molar-refractivity contribution in [3.05, 3.63) is 100 Å². The lowest BCUT2D eigenvalue weighted by atomic mass is 9.85. The van der Waals surface area contributed by atoms with Crippen molar-refractivity contribution in [1.29, 1.82) is 5.26 Å². The van der Waals surface area contributed by atoms with Crippen LogP contribution in [0.2, 0.25) is 0 Å². The quantitative estimate of drug-likeness (QED) is 0.0505. The minimum absolute atomic E-state index is 0.0229. The van der Waals surface area contributed by atoms with Gasteiger partial charge in [0.2, 0.25) is 17.7 Å². The van der Waals surface area contributed by atoms with Crippen LogP contribution < -0.4 is 20.3 Å². The second-order valence-corrected chi connectivity index (χ2v) is 20.9.